The Labute approximate surface area is 93.1 Å². The normalized spacial score (nSPS) is 10.6. The molecule has 0 saturated carbocycles. The molecule has 2 heterocycles. The number of alkyl halides is 1. The summed E-state index contributed by atoms with van der Waals surface area (Å²) in [6.45, 7) is 3.88. The van der Waals surface area contributed by atoms with Gasteiger partial charge in [-0.1, -0.05) is 0 Å². The van der Waals surface area contributed by atoms with Crippen LogP contribution in [-0.4, -0.2) is 9.97 Å². The molecule has 0 N–H and O–H groups in total. The van der Waals surface area contributed by atoms with Gasteiger partial charge in [0.25, 0.3) is 0 Å². The summed E-state index contributed by atoms with van der Waals surface area (Å²) in [5.74, 6) is 1.70. The Balaban J connectivity index is 2.53. The first-order valence-electron chi connectivity index (χ1n) is 4.65. The fourth-order valence-corrected chi connectivity index (χ4v) is 1.54. The highest BCUT2D eigenvalue weighted by molar-refractivity contribution is 6.16. The van der Waals surface area contributed by atoms with Gasteiger partial charge in [-0.25, -0.2) is 9.97 Å². The summed E-state index contributed by atoms with van der Waals surface area (Å²) >= 11 is 5.75. The van der Waals surface area contributed by atoms with Gasteiger partial charge in [-0.15, -0.1) is 11.6 Å². The summed E-state index contributed by atoms with van der Waals surface area (Å²) < 4.78 is 5.34. The number of hydrogen-bond acceptors (Lipinski definition) is 3. The van der Waals surface area contributed by atoms with E-state index in [0.29, 0.717) is 17.5 Å². The van der Waals surface area contributed by atoms with Crippen LogP contribution >= 0.6 is 11.6 Å². The van der Waals surface area contributed by atoms with Gasteiger partial charge in [0.1, 0.15) is 0 Å². The molecule has 2 aromatic heterocycles. The van der Waals surface area contributed by atoms with E-state index in [4.69, 9.17) is 16.0 Å². The first-order valence-corrected chi connectivity index (χ1v) is 5.19. The molecule has 3 nitrogen and oxygen atoms in total. The largest absolute Gasteiger partial charge is 0.461 e. The average molecular weight is 223 g/mol. The smallest absolute Gasteiger partial charge is 0.196 e. The molecular formula is C11H11ClN2O. The van der Waals surface area contributed by atoms with Crippen LogP contribution in [0.2, 0.25) is 0 Å². The predicted molar refractivity (Wildman–Crippen MR) is 58.8 cm³/mol. The van der Waals surface area contributed by atoms with E-state index in [1.165, 1.54) is 0 Å². The third-order valence-electron chi connectivity index (χ3n) is 2.11. The zero-order valence-corrected chi connectivity index (χ0v) is 9.38. The molecule has 78 valence electrons. The number of nitrogens with zero attached hydrogens (tertiary/aromatic N) is 2. The number of aromatic nitrogens is 2. The second-order valence-corrected chi connectivity index (χ2v) is 3.66. The second-order valence-electron chi connectivity index (χ2n) is 3.39. The zero-order valence-electron chi connectivity index (χ0n) is 8.62. The summed E-state index contributed by atoms with van der Waals surface area (Å²) in [4.78, 5) is 8.64. The van der Waals surface area contributed by atoms with Gasteiger partial charge < -0.3 is 4.42 Å². The van der Waals surface area contributed by atoms with Crippen LogP contribution in [0.5, 0.6) is 0 Å². The number of rotatable bonds is 2. The van der Waals surface area contributed by atoms with Crippen LogP contribution in [0.25, 0.3) is 11.6 Å². The van der Waals surface area contributed by atoms with Crippen LogP contribution in [0.4, 0.5) is 0 Å². The molecule has 0 aromatic carbocycles. The van der Waals surface area contributed by atoms with Crippen molar-refractivity contribution in [1.29, 1.82) is 0 Å². The third kappa shape index (κ3) is 2.02. The minimum atomic E-state index is 0.385. The molecule has 0 unspecified atom stereocenters. The molecule has 0 aliphatic rings. The quantitative estimate of drug-likeness (QED) is 0.733. The number of aryl methyl sites for hydroxylation is 2. The fraction of sp³-hybridized carbons (Fsp3) is 0.273. The first-order chi connectivity index (χ1) is 7.20. The van der Waals surface area contributed by atoms with Crippen LogP contribution in [-0.2, 0) is 5.88 Å². The van der Waals surface area contributed by atoms with Crippen molar-refractivity contribution in [2.45, 2.75) is 19.7 Å². The summed E-state index contributed by atoms with van der Waals surface area (Å²) in [5, 5.41) is 0. The highest BCUT2D eigenvalue weighted by Crippen LogP contribution is 2.21. The summed E-state index contributed by atoms with van der Waals surface area (Å²) in [6, 6.07) is 3.76. The van der Waals surface area contributed by atoms with Gasteiger partial charge in [-0.3, -0.25) is 0 Å². The van der Waals surface area contributed by atoms with Crippen LogP contribution in [0, 0.1) is 13.8 Å². The first kappa shape index (κ1) is 10.2. The topological polar surface area (TPSA) is 38.9 Å². The van der Waals surface area contributed by atoms with E-state index < -0.39 is 0 Å². The minimum Gasteiger partial charge on any atom is -0.461 e. The van der Waals surface area contributed by atoms with Crippen LogP contribution < -0.4 is 0 Å². The molecule has 4 heteroatoms. The maximum Gasteiger partial charge on any atom is 0.196 e. The van der Waals surface area contributed by atoms with Crippen LogP contribution in [0.1, 0.15) is 17.0 Å². The van der Waals surface area contributed by atoms with Gasteiger partial charge in [-0.05, 0) is 31.5 Å². The van der Waals surface area contributed by atoms with Gasteiger partial charge in [0.15, 0.2) is 11.6 Å². The lowest BCUT2D eigenvalue weighted by atomic mass is 10.2. The molecule has 0 spiro atoms. The van der Waals surface area contributed by atoms with Crippen molar-refractivity contribution in [1.82, 2.24) is 9.97 Å². The molecule has 0 bridgehead atoms. The summed E-state index contributed by atoms with van der Waals surface area (Å²) in [7, 11) is 0. The second kappa shape index (κ2) is 4.03. The zero-order chi connectivity index (χ0) is 10.8. The molecule has 15 heavy (non-hydrogen) atoms. The Morgan fingerprint density at radius 1 is 1.33 bits per heavy atom. The molecule has 0 amide bonds. The molecule has 2 aromatic rings. The van der Waals surface area contributed by atoms with Crippen molar-refractivity contribution in [3.05, 3.63) is 35.3 Å². The van der Waals surface area contributed by atoms with Crippen molar-refractivity contribution in [2.24, 2.45) is 0 Å². The minimum absolute atomic E-state index is 0.385. The maximum atomic E-state index is 5.75. The molecule has 0 fully saturated rings. The molecular weight excluding hydrogens is 212 g/mol. The summed E-state index contributed by atoms with van der Waals surface area (Å²) in [5.41, 5.74) is 2.74. The lowest BCUT2D eigenvalue weighted by molar-refractivity contribution is 0.575. The third-order valence-corrected chi connectivity index (χ3v) is 2.38. The lowest BCUT2D eigenvalue weighted by Gasteiger charge is -2.02. The molecule has 0 saturated heterocycles. The van der Waals surface area contributed by atoms with Crippen LogP contribution in [0.15, 0.2) is 22.8 Å². The van der Waals surface area contributed by atoms with Gasteiger partial charge >= 0.3 is 0 Å². The van der Waals surface area contributed by atoms with E-state index in [2.05, 4.69) is 9.97 Å². The van der Waals surface area contributed by atoms with Gasteiger partial charge in [-0.2, -0.15) is 0 Å². The van der Waals surface area contributed by atoms with Crippen molar-refractivity contribution in [2.75, 3.05) is 0 Å². The lowest BCUT2D eigenvalue weighted by Crippen LogP contribution is -1.96. The molecule has 0 atom stereocenters. The van der Waals surface area contributed by atoms with E-state index >= 15 is 0 Å². The standard InChI is InChI=1S/C11H11ClN2O/c1-7-3-4-15-10(7)11-13-8(2)5-9(6-12)14-11/h3-5H,6H2,1-2H3. The fourth-order valence-electron chi connectivity index (χ4n) is 1.41. The monoisotopic (exact) mass is 222 g/mol. The SMILES string of the molecule is Cc1cc(CCl)nc(-c2occc2C)n1. The van der Waals surface area contributed by atoms with Gasteiger partial charge in [0, 0.05) is 5.69 Å². The predicted octanol–water partition coefficient (Wildman–Crippen LogP) is 3.09. The van der Waals surface area contributed by atoms with Crippen molar-refractivity contribution in [3.63, 3.8) is 0 Å². The van der Waals surface area contributed by atoms with Crippen LogP contribution in [0.3, 0.4) is 0 Å². The van der Waals surface area contributed by atoms with Gasteiger partial charge in [0.2, 0.25) is 0 Å². The van der Waals surface area contributed by atoms with E-state index in [1.807, 2.05) is 26.0 Å². The summed E-state index contributed by atoms with van der Waals surface area (Å²) in [6.07, 6.45) is 1.64. The Morgan fingerprint density at radius 2 is 2.13 bits per heavy atom. The number of hydrogen-bond donors (Lipinski definition) is 0. The Hall–Kier alpha value is -1.35. The highest BCUT2D eigenvalue weighted by atomic mass is 35.5. The molecule has 2 rings (SSSR count). The van der Waals surface area contributed by atoms with Crippen molar-refractivity contribution < 1.29 is 4.42 Å². The number of furan rings is 1. The van der Waals surface area contributed by atoms with E-state index in [1.54, 1.807) is 6.26 Å². The van der Waals surface area contributed by atoms with Crippen molar-refractivity contribution >= 4 is 11.6 Å². The molecule has 0 aliphatic heterocycles. The average Bonchev–Trinajstić information content (AvgIpc) is 2.63. The van der Waals surface area contributed by atoms with Gasteiger partial charge in [0.05, 0.1) is 17.8 Å². The maximum absolute atomic E-state index is 5.75. The molecule has 0 aliphatic carbocycles. The number of halogens is 1. The Kier molecular flexibility index (Phi) is 2.73. The van der Waals surface area contributed by atoms with E-state index in [0.717, 1.165) is 17.0 Å². The van der Waals surface area contributed by atoms with E-state index in [-0.39, 0.29) is 0 Å². The highest BCUT2D eigenvalue weighted by Gasteiger charge is 2.10. The Bertz CT molecular complexity index is 479. The van der Waals surface area contributed by atoms with E-state index in [9.17, 15) is 0 Å². The molecule has 0 radical (unpaired) electrons. The Morgan fingerprint density at radius 3 is 2.73 bits per heavy atom. The van der Waals surface area contributed by atoms with Crippen molar-refractivity contribution in [3.8, 4) is 11.6 Å².